The van der Waals surface area contributed by atoms with E-state index in [1.807, 2.05) is 30.9 Å². The molecule has 1 aliphatic heterocycles. The minimum atomic E-state index is -2.59. The summed E-state index contributed by atoms with van der Waals surface area (Å²) in [5, 5.41) is 9.91. The number of carbonyl (C=O) groups excluding carboxylic acids is 2. The van der Waals surface area contributed by atoms with Gasteiger partial charge in [-0.05, 0) is 84.5 Å². The second kappa shape index (κ2) is 8.15. The number of allylic oxidation sites excluding steroid dienone is 4. The Balaban J connectivity index is 1.46. The molecule has 6 rings (SSSR count). The van der Waals surface area contributed by atoms with Crippen molar-refractivity contribution >= 4 is 11.6 Å². The van der Waals surface area contributed by atoms with Gasteiger partial charge >= 0.3 is 0 Å². The van der Waals surface area contributed by atoms with Crippen LogP contribution in [0.3, 0.4) is 0 Å². The molecule has 0 aromatic heterocycles. The summed E-state index contributed by atoms with van der Waals surface area (Å²) in [5.41, 5.74) is -0.402. The maximum absolute atomic E-state index is 14.5. The Morgan fingerprint density at radius 3 is 2.25 bits per heavy atom. The monoisotopic (exact) mass is 552 g/mol. The van der Waals surface area contributed by atoms with Crippen LogP contribution in [0.1, 0.15) is 93.4 Å². The van der Waals surface area contributed by atoms with Gasteiger partial charge in [-0.1, -0.05) is 60.1 Å². The zero-order valence-corrected chi connectivity index (χ0v) is 25.4. The molecule has 4 fully saturated rings. The van der Waals surface area contributed by atoms with Crippen molar-refractivity contribution in [2.75, 3.05) is 19.6 Å². The highest BCUT2D eigenvalue weighted by atomic mass is 19.3. The minimum absolute atomic E-state index is 0.0289. The van der Waals surface area contributed by atoms with E-state index in [1.165, 1.54) is 0 Å². The lowest BCUT2D eigenvalue weighted by atomic mass is 9.34. The molecule has 0 aromatic carbocycles. The second-order valence-electron chi connectivity index (χ2n) is 16.6. The second-order valence-corrected chi connectivity index (χ2v) is 16.6. The van der Waals surface area contributed by atoms with Gasteiger partial charge in [-0.15, -0.1) is 0 Å². The molecular formula is C34H46F2N2O2. The summed E-state index contributed by atoms with van der Waals surface area (Å²) in [6, 6.07) is 2.18. The van der Waals surface area contributed by atoms with Crippen LogP contribution < -0.4 is 0 Å². The average Bonchev–Trinajstić information content (AvgIpc) is 2.82. The number of alkyl halides is 2. The first kappa shape index (κ1) is 28.3. The Hall–Kier alpha value is -1.87. The lowest BCUT2D eigenvalue weighted by Gasteiger charge is -2.69. The Bertz CT molecular complexity index is 1280. The molecule has 0 radical (unpaired) electrons. The van der Waals surface area contributed by atoms with Gasteiger partial charge in [0, 0.05) is 23.3 Å². The van der Waals surface area contributed by atoms with Gasteiger partial charge in [0.05, 0.1) is 18.7 Å². The third kappa shape index (κ3) is 3.55. The molecule has 1 heterocycles. The highest BCUT2D eigenvalue weighted by Crippen LogP contribution is 2.74. The Morgan fingerprint density at radius 2 is 1.62 bits per heavy atom. The van der Waals surface area contributed by atoms with Gasteiger partial charge in [0.2, 0.25) is 0 Å². The SMILES string of the molecule is CC1(C)CC[C@]2(CN3CC(F)(F)C3)CC[C@]3(C)C(C(=O)C=C4[C@@]5(C)C=C(C#N)C(=O)C(C)(C)[C@@H]5CC[C@]43C)C2C1. The fraction of sp³-hybridized carbons (Fsp3) is 0.794. The molecule has 218 valence electrons. The largest absolute Gasteiger partial charge is 0.295 e. The van der Waals surface area contributed by atoms with Crippen LogP contribution in [0.4, 0.5) is 8.78 Å². The van der Waals surface area contributed by atoms with E-state index in [0.29, 0.717) is 6.54 Å². The van der Waals surface area contributed by atoms with Crippen LogP contribution in [0.5, 0.6) is 0 Å². The number of fused-ring (bicyclic) bond motifs is 7. The van der Waals surface area contributed by atoms with E-state index >= 15 is 0 Å². The fourth-order valence-corrected chi connectivity index (χ4v) is 11.2. The van der Waals surface area contributed by atoms with Gasteiger partial charge < -0.3 is 0 Å². The molecule has 5 aliphatic carbocycles. The zero-order chi connectivity index (χ0) is 29.3. The quantitative estimate of drug-likeness (QED) is 0.365. The molecule has 0 N–H and O–H groups in total. The third-order valence-electron chi connectivity index (χ3n) is 13.5. The van der Waals surface area contributed by atoms with E-state index in [9.17, 15) is 23.6 Å². The smallest absolute Gasteiger partial charge is 0.272 e. The topological polar surface area (TPSA) is 61.2 Å². The van der Waals surface area contributed by atoms with Gasteiger partial charge in [-0.2, -0.15) is 5.26 Å². The number of hydrogen-bond donors (Lipinski definition) is 0. The van der Waals surface area contributed by atoms with Crippen LogP contribution in [0.15, 0.2) is 23.3 Å². The van der Waals surface area contributed by atoms with Crippen LogP contribution >= 0.6 is 0 Å². The van der Waals surface area contributed by atoms with Crippen molar-refractivity contribution in [1.82, 2.24) is 4.90 Å². The van der Waals surface area contributed by atoms with Gasteiger partial charge in [0.15, 0.2) is 11.6 Å². The van der Waals surface area contributed by atoms with Gasteiger partial charge in [-0.3, -0.25) is 14.5 Å². The molecular weight excluding hydrogens is 506 g/mol. The van der Waals surface area contributed by atoms with E-state index in [0.717, 1.165) is 50.5 Å². The number of hydrogen-bond acceptors (Lipinski definition) is 4. The number of nitriles is 1. The number of carbonyl (C=O) groups is 2. The predicted molar refractivity (Wildman–Crippen MR) is 150 cm³/mol. The molecule has 2 unspecified atom stereocenters. The fourth-order valence-electron chi connectivity index (χ4n) is 11.2. The average molecular weight is 553 g/mol. The summed E-state index contributed by atoms with van der Waals surface area (Å²) in [5.74, 6) is -2.45. The molecule has 7 atom stereocenters. The molecule has 1 saturated heterocycles. The van der Waals surface area contributed by atoms with E-state index in [1.54, 1.807) is 0 Å². The summed E-state index contributed by atoms with van der Waals surface area (Å²) >= 11 is 0. The summed E-state index contributed by atoms with van der Waals surface area (Å²) in [7, 11) is 0. The number of Topliss-reactive ketones (excluding diaryl/α,β-unsaturated/α-hetero) is 1. The lowest BCUT2D eigenvalue weighted by molar-refractivity contribution is -0.192. The summed E-state index contributed by atoms with van der Waals surface area (Å²) in [4.78, 5) is 29.7. The van der Waals surface area contributed by atoms with Crippen molar-refractivity contribution in [3.63, 3.8) is 0 Å². The zero-order valence-electron chi connectivity index (χ0n) is 25.4. The molecule has 6 heteroatoms. The molecule has 0 aromatic rings. The van der Waals surface area contributed by atoms with Crippen LogP contribution in [-0.4, -0.2) is 42.0 Å². The van der Waals surface area contributed by atoms with E-state index < -0.39 is 16.8 Å². The van der Waals surface area contributed by atoms with E-state index in [4.69, 9.17) is 0 Å². The normalized spacial score (nSPS) is 46.9. The number of halogens is 2. The standard InChI is InChI=1S/C34H46F2N2O2/c1-28(2)10-12-33(18-38-19-34(35,36)20-38)13-11-32(7)26(22(33)16-28)23(39)14-25-30(5)15-21(17-37)27(40)29(3,4)24(30)8-9-31(25,32)6/h14-15,22,24,26H,8-13,16,18-20H2,1-7H3/t22?,24-,26?,30-,31+,32+,33+/m0/s1. The van der Waals surface area contributed by atoms with Crippen molar-refractivity contribution in [1.29, 1.82) is 5.26 Å². The molecule has 0 bridgehead atoms. The first-order valence-corrected chi connectivity index (χ1v) is 15.4. The highest BCUT2D eigenvalue weighted by Gasteiger charge is 2.70. The third-order valence-corrected chi connectivity index (χ3v) is 13.5. The Kier molecular flexibility index (Phi) is 5.76. The highest BCUT2D eigenvalue weighted by molar-refractivity contribution is 6.04. The Labute approximate surface area is 238 Å². The van der Waals surface area contributed by atoms with Crippen molar-refractivity contribution in [3.05, 3.63) is 23.3 Å². The van der Waals surface area contributed by atoms with Gasteiger partial charge in [0.25, 0.3) is 5.92 Å². The van der Waals surface area contributed by atoms with Crippen LogP contribution in [0, 0.1) is 61.6 Å². The minimum Gasteiger partial charge on any atom is -0.295 e. The molecule has 0 amide bonds. The maximum atomic E-state index is 14.5. The number of rotatable bonds is 2. The number of nitrogens with zero attached hydrogens (tertiary/aromatic N) is 2. The predicted octanol–water partition coefficient (Wildman–Crippen LogP) is 7.16. The lowest BCUT2D eigenvalue weighted by Crippen LogP contribution is -2.67. The van der Waals surface area contributed by atoms with Crippen molar-refractivity contribution < 1.29 is 18.4 Å². The first-order valence-electron chi connectivity index (χ1n) is 15.4. The van der Waals surface area contributed by atoms with Gasteiger partial charge in [-0.25, -0.2) is 8.78 Å². The maximum Gasteiger partial charge on any atom is 0.272 e. The summed E-state index contributed by atoms with van der Waals surface area (Å²) in [6.45, 7) is 15.7. The van der Waals surface area contributed by atoms with Crippen molar-refractivity contribution in [2.24, 2.45) is 50.2 Å². The molecule has 6 aliphatic rings. The molecule has 3 saturated carbocycles. The van der Waals surface area contributed by atoms with E-state index in [-0.39, 0.29) is 69.6 Å². The van der Waals surface area contributed by atoms with Gasteiger partial charge in [0.1, 0.15) is 6.07 Å². The first-order chi connectivity index (χ1) is 18.3. The molecule has 4 nitrogen and oxygen atoms in total. The molecule has 40 heavy (non-hydrogen) atoms. The molecule has 0 spiro atoms. The number of likely N-dealkylation sites (tertiary alicyclic amines) is 1. The Morgan fingerprint density at radius 1 is 0.975 bits per heavy atom. The number of ketones is 2. The van der Waals surface area contributed by atoms with Crippen molar-refractivity contribution in [2.45, 2.75) is 99.3 Å². The summed E-state index contributed by atoms with van der Waals surface area (Å²) < 4.78 is 27.7. The summed E-state index contributed by atoms with van der Waals surface area (Å²) in [6.07, 6.45) is 10.5. The van der Waals surface area contributed by atoms with E-state index in [2.05, 4.69) is 40.7 Å². The van der Waals surface area contributed by atoms with Crippen LogP contribution in [0.25, 0.3) is 0 Å². The van der Waals surface area contributed by atoms with Crippen molar-refractivity contribution in [3.8, 4) is 6.07 Å². The van der Waals surface area contributed by atoms with Crippen LogP contribution in [-0.2, 0) is 9.59 Å². The van der Waals surface area contributed by atoms with Crippen LogP contribution in [0.2, 0.25) is 0 Å².